The number of nitrogens with zero attached hydrogens (tertiary/aromatic N) is 1. The Kier molecular flexibility index (Phi) is 5.19. The molecule has 1 aromatic rings. The number of hydrogen-bond donors (Lipinski definition) is 0. The molecule has 0 fully saturated rings. The molecule has 0 spiro atoms. The van der Waals surface area contributed by atoms with Crippen molar-refractivity contribution in [3.63, 3.8) is 0 Å². The van der Waals surface area contributed by atoms with Gasteiger partial charge >= 0.3 is 0 Å². The van der Waals surface area contributed by atoms with Crippen LogP contribution in [0.4, 0.5) is 0 Å². The van der Waals surface area contributed by atoms with Gasteiger partial charge < -0.3 is 14.4 Å². The van der Waals surface area contributed by atoms with Crippen LogP contribution in [-0.4, -0.2) is 43.5 Å². The number of methoxy groups -OCH3 is 1. The van der Waals surface area contributed by atoms with E-state index < -0.39 is 0 Å². The molecule has 19 heavy (non-hydrogen) atoms. The van der Waals surface area contributed by atoms with Gasteiger partial charge in [-0.05, 0) is 23.3 Å². The van der Waals surface area contributed by atoms with Crippen LogP contribution < -0.4 is 0 Å². The average molecular weight is 284 g/mol. The lowest BCUT2D eigenvalue weighted by atomic mass is 10.1. The average Bonchev–Trinajstić information content (AvgIpc) is 2.90. The summed E-state index contributed by atoms with van der Waals surface area (Å²) < 4.78 is 10.4. The molecule has 0 atom stereocenters. The summed E-state index contributed by atoms with van der Waals surface area (Å²) in [6.07, 6.45) is 0. The van der Waals surface area contributed by atoms with Crippen LogP contribution in [0.1, 0.15) is 21.5 Å². The minimum atomic E-state index is -0.00704. The third-order valence-electron chi connectivity index (χ3n) is 3.18. The Hall–Kier alpha value is -1.10. The number of ether oxygens (including phenoxy) is 2. The maximum Gasteiger partial charge on any atom is 0.253 e. The Labute approximate surface area is 118 Å². The Morgan fingerprint density at radius 2 is 2.16 bits per heavy atom. The maximum absolute atomic E-state index is 12.4. The van der Waals surface area contributed by atoms with E-state index in [0.717, 1.165) is 11.1 Å². The van der Waals surface area contributed by atoms with Crippen LogP contribution in [0.3, 0.4) is 0 Å². The molecule has 0 saturated carbocycles. The summed E-state index contributed by atoms with van der Waals surface area (Å²) in [6, 6.07) is 5.73. The van der Waals surface area contributed by atoms with E-state index in [1.54, 1.807) is 12.0 Å². The van der Waals surface area contributed by atoms with E-state index in [0.29, 0.717) is 44.4 Å². The predicted octanol–water partition coefficient (Wildman–Crippen LogP) is 2.04. The van der Waals surface area contributed by atoms with Gasteiger partial charge in [-0.15, -0.1) is 11.6 Å². The van der Waals surface area contributed by atoms with Crippen molar-refractivity contribution >= 4 is 17.5 Å². The normalized spacial score (nSPS) is 13.4. The minimum Gasteiger partial charge on any atom is -0.383 e. The van der Waals surface area contributed by atoms with Gasteiger partial charge in [-0.3, -0.25) is 4.79 Å². The summed E-state index contributed by atoms with van der Waals surface area (Å²) in [5.41, 5.74) is 2.95. The first kappa shape index (κ1) is 14.3. The van der Waals surface area contributed by atoms with Crippen LogP contribution in [0, 0.1) is 0 Å². The molecule has 1 aromatic carbocycles. The third-order valence-corrected chi connectivity index (χ3v) is 3.34. The summed E-state index contributed by atoms with van der Waals surface area (Å²) in [7, 11) is 1.62. The molecule has 104 valence electrons. The van der Waals surface area contributed by atoms with Gasteiger partial charge in [0.1, 0.15) is 0 Å². The third kappa shape index (κ3) is 3.47. The molecule has 0 unspecified atom stereocenters. The van der Waals surface area contributed by atoms with Crippen molar-refractivity contribution in [3.05, 3.63) is 34.9 Å². The van der Waals surface area contributed by atoms with Gasteiger partial charge in [-0.25, -0.2) is 0 Å². The van der Waals surface area contributed by atoms with Gasteiger partial charge in [0.05, 0.1) is 19.8 Å². The molecule has 0 N–H and O–H groups in total. The molecular weight excluding hydrogens is 266 g/mol. The van der Waals surface area contributed by atoms with E-state index in [-0.39, 0.29) is 5.91 Å². The predicted molar refractivity (Wildman–Crippen MR) is 73.4 cm³/mol. The molecule has 1 heterocycles. The largest absolute Gasteiger partial charge is 0.383 e. The first-order chi connectivity index (χ1) is 9.26. The first-order valence-electron chi connectivity index (χ1n) is 6.30. The summed E-state index contributed by atoms with van der Waals surface area (Å²) in [4.78, 5) is 14.1. The second-order valence-electron chi connectivity index (χ2n) is 4.45. The summed E-state index contributed by atoms with van der Waals surface area (Å²) in [5.74, 6) is 0.413. The molecule has 1 aliphatic rings. The van der Waals surface area contributed by atoms with Gasteiger partial charge in [-0.2, -0.15) is 0 Å². The molecule has 0 radical (unpaired) electrons. The number of carbonyl (C=O) groups is 1. The van der Waals surface area contributed by atoms with E-state index in [1.165, 1.54) is 0 Å². The van der Waals surface area contributed by atoms with Crippen molar-refractivity contribution in [2.75, 3.05) is 32.7 Å². The quantitative estimate of drug-likeness (QED) is 0.750. The Morgan fingerprint density at radius 3 is 2.89 bits per heavy atom. The van der Waals surface area contributed by atoms with Crippen LogP contribution in [0.25, 0.3) is 0 Å². The molecule has 0 aliphatic carbocycles. The monoisotopic (exact) mass is 283 g/mol. The number of rotatable bonds is 6. The molecule has 0 saturated heterocycles. The highest BCUT2D eigenvalue weighted by molar-refractivity contribution is 6.18. The zero-order valence-corrected chi connectivity index (χ0v) is 11.8. The van der Waals surface area contributed by atoms with E-state index in [4.69, 9.17) is 21.1 Å². The van der Waals surface area contributed by atoms with Crippen LogP contribution in [0.2, 0.25) is 0 Å². The maximum atomic E-state index is 12.4. The van der Waals surface area contributed by atoms with Crippen molar-refractivity contribution < 1.29 is 14.3 Å². The van der Waals surface area contributed by atoms with E-state index in [1.807, 2.05) is 18.2 Å². The Morgan fingerprint density at radius 1 is 1.37 bits per heavy atom. The SMILES string of the molecule is COCCN(CCCl)C(=O)c1ccc2c(c1)COC2. The van der Waals surface area contributed by atoms with Gasteiger partial charge in [-0.1, -0.05) is 6.07 Å². The molecule has 1 aliphatic heterocycles. The summed E-state index contributed by atoms with van der Waals surface area (Å²) in [6.45, 7) is 2.81. The van der Waals surface area contributed by atoms with Crippen LogP contribution in [0.5, 0.6) is 0 Å². The standard InChI is InChI=1S/C14H18ClNO3/c1-18-7-6-16(5-4-15)14(17)11-2-3-12-9-19-10-13(12)8-11/h2-3,8H,4-7,9-10H2,1H3. The summed E-state index contributed by atoms with van der Waals surface area (Å²) in [5, 5.41) is 0. The Bertz CT molecular complexity index is 450. The topological polar surface area (TPSA) is 38.8 Å². The van der Waals surface area contributed by atoms with E-state index in [2.05, 4.69) is 0 Å². The van der Waals surface area contributed by atoms with E-state index >= 15 is 0 Å². The van der Waals surface area contributed by atoms with Gasteiger partial charge in [0.2, 0.25) is 0 Å². The zero-order valence-electron chi connectivity index (χ0n) is 11.0. The number of benzene rings is 1. The van der Waals surface area contributed by atoms with Crippen LogP contribution in [-0.2, 0) is 22.7 Å². The highest BCUT2D eigenvalue weighted by Crippen LogP contribution is 2.21. The fraction of sp³-hybridized carbons (Fsp3) is 0.500. The molecule has 0 bridgehead atoms. The molecule has 0 aromatic heterocycles. The fourth-order valence-corrected chi connectivity index (χ4v) is 2.31. The van der Waals surface area contributed by atoms with Crippen molar-refractivity contribution in [2.24, 2.45) is 0 Å². The molecular formula is C14H18ClNO3. The highest BCUT2D eigenvalue weighted by atomic mass is 35.5. The lowest BCUT2D eigenvalue weighted by Gasteiger charge is -2.21. The first-order valence-corrected chi connectivity index (χ1v) is 6.83. The number of amides is 1. The number of carbonyl (C=O) groups excluding carboxylic acids is 1. The van der Waals surface area contributed by atoms with Crippen LogP contribution in [0.15, 0.2) is 18.2 Å². The van der Waals surface area contributed by atoms with Crippen molar-refractivity contribution in [1.29, 1.82) is 0 Å². The number of halogens is 1. The van der Waals surface area contributed by atoms with Crippen molar-refractivity contribution in [3.8, 4) is 0 Å². The second-order valence-corrected chi connectivity index (χ2v) is 4.83. The van der Waals surface area contributed by atoms with Crippen molar-refractivity contribution in [2.45, 2.75) is 13.2 Å². The van der Waals surface area contributed by atoms with Gasteiger partial charge in [0.15, 0.2) is 0 Å². The van der Waals surface area contributed by atoms with Crippen molar-refractivity contribution in [1.82, 2.24) is 4.90 Å². The van der Waals surface area contributed by atoms with Gasteiger partial charge in [0, 0.05) is 31.6 Å². The highest BCUT2D eigenvalue weighted by Gasteiger charge is 2.18. The molecule has 5 heteroatoms. The second kappa shape index (κ2) is 6.89. The number of alkyl halides is 1. The van der Waals surface area contributed by atoms with E-state index in [9.17, 15) is 4.79 Å². The molecule has 1 amide bonds. The lowest BCUT2D eigenvalue weighted by Crippen LogP contribution is -2.35. The molecule has 4 nitrogen and oxygen atoms in total. The number of fused-ring (bicyclic) bond motifs is 1. The number of hydrogen-bond acceptors (Lipinski definition) is 3. The minimum absolute atomic E-state index is 0.00704. The molecule has 2 rings (SSSR count). The lowest BCUT2D eigenvalue weighted by molar-refractivity contribution is 0.0707. The van der Waals surface area contributed by atoms with Crippen LogP contribution >= 0.6 is 11.6 Å². The summed E-state index contributed by atoms with van der Waals surface area (Å²) >= 11 is 5.75. The van der Waals surface area contributed by atoms with Gasteiger partial charge in [0.25, 0.3) is 5.91 Å². The smallest absolute Gasteiger partial charge is 0.253 e. The Balaban J connectivity index is 2.11. The fourth-order valence-electron chi connectivity index (χ4n) is 2.11. The zero-order chi connectivity index (χ0) is 13.7.